The quantitative estimate of drug-likeness (QED) is 0.868. The predicted octanol–water partition coefficient (Wildman–Crippen LogP) is 2.91. The topological polar surface area (TPSA) is 32.3 Å². The van der Waals surface area contributed by atoms with Crippen LogP contribution < -0.4 is 5.32 Å². The van der Waals surface area contributed by atoms with E-state index in [0.29, 0.717) is 11.3 Å². The van der Waals surface area contributed by atoms with Crippen molar-refractivity contribution in [2.75, 3.05) is 12.3 Å². The molecule has 1 aromatic rings. The first-order valence-corrected chi connectivity index (χ1v) is 8.43. The highest BCUT2D eigenvalue weighted by Gasteiger charge is 2.45. The maximum absolute atomic E-state index is 10.6. The van der Waals surface area contributed by atoms with Crippen molar-refractivity contribution < 1.29 is 5.11 Å². The van der Waals surface area contributed by atoms with Gasteiger partial charge in [0.05, 0.1) is 5.60 Å². The lowest BCUT2D eigenvalue weighted by molar-refractivity contribution is -0.0253. The van der Waals surface area contributed by atoms with Gasteiger partial charge in [0, 0.05) is 17.8 Å². The zero-order valence-electron chi connectivity index (χ0n) is 11.6. The fourth-order valence-corrected chi connectivity index (χ4v) is 4.50. The fourth-order valence-electron chi connectivity index (χ4n) is 3.31. The van der Waals surface area contributed by atoms with E-state index < -0.39 is 5.60 Å². The normalized spacial score (nSPS) is 32.9. The van der Waals surface area contributed by atoms with Gasteiger partial charge in [0.15, 0.2) is 0 Å². The summed E-state index contributed by atoms with van der Waals surface area (Å²) in [6.45, 7) is 2.91. The third kappa shape index (κ3) is 2.56. The molecule has 0 unspecified atom stereocenters. The molecule has 2 nitrogen and oxygen atoms in total. The maximum Gasteiger partial charge on any atom is 0.0890 e. The van der Waals surface area contributed by atoms with E-state index in [2.05, 4.69) is 36.5 Å². The molecule has 3 heteroatoms. The van der Waals surface area contributed by atoms with E-state index in [1.807, 2.05) is 11.8 Å². The summed E-state index contributed by atoms with van der Waals surface area (Å²) in [5, 5.41) is 14.7. The predicted molar refractivity (Wildman–Crippen MR) is 81.6 cm³/mol. The summed E-state index contributed by atoms with van der Waals surface area (Å²) in [6.07, 6.45) is 4.45. The van der Waals surface area contributed by atoms with Gasteiger partial charge in [0.2, 0.25) is 0 Å². The van der Waals surface area contributed by atoms with Crippen molar-refractivity contribution in [1.29, 1.82) is 0 Å². The summed E-state index contributed by atoms with van der Waals surface area (Å²) in [4.78, 5) is 0. The zero-order valence-corrected chi connectivity index (χ0v) is 12.4. The molecule has 0 aromatic heterocycles. The van der Waals surface area contributed by atoms with Gasteiger partial charge in [-0.25, -0.2) is 0 Å². The Morgan fingerprint density at radius 2 is 2.21 bits per heavy atom. The number of thioether (sulfide) groups is 1. The van der Waals surface area contributed by atoms with Gasteiger partial charge >= 0.3 is 0 Å². The Balaban J connectivity index is 1.59. The van der Waals surface area contributed by atoms with Crippen LogP contribution in [0, 0.1) is 0 Å². The van der Waals surface area contributed by atoms with Gasteiger partial charge in [0.25, 0.3) is 0 Å². The molecule has 1 fully saturated rings. The fraction of sp³-hybridized carbons (Fsp3) is 0.625. The highest BCUT2D eigenvalue weighted by Crippen LogP contribution is 2.41. The lowest BCUT2D eigenvalue weighted by atomic mass is 9.79. The van der Waals surface area contributed by atoms with Crippen LogP contribution in [0.25, 0.3) is 0 Å². The van der Waals surface area contributed by atoms with Crippen molar-refractivity contribution >= 4 is 11.8 Å². The van der Waals surface area contributed by atoms with Crippen LogP contribution in [0.15, 0.2) is 24.3 Å². The SMILES string of the molecule is CCS[C@@H]1CC[C@]1(O)CN[C@H]1CCc2ccccc21. The lowest BCUT2D eigenvalue weighted by Gasteiger charge is -2.45. The second-order valence-corrected chi connectivity index (χ2v) is 7.24. The monoisotopic (exact) mass is 277 g/mol. The zero-order chi connectivity index (χ0) is 13.3. The van der Waals surface area contributed by atoms with E-state index in [-0.39, 0.29) is 0 Å². The first kappa shape index (κ1) is 13.5. The van der Waals surface area contributed by atoms with Crippen molar-refractivity contribution in [3.05, 3.63) is 35.4 Å². The van der Waals surface area contributed by atoms with E-state index in [1.165, 1.54) is 24.0 Å². The van der Waals surface area contributed by atoms with Crippen LogP contribution >= 0.6 is 11.8 Å². The molecule has 0 amide bonds. The third-order valence-electron chi connectivity index (χ3n) is 4.59. The molecule has 2 aliphatic carbocycles. The van der Waals surface area contributed by atoms with Gasteiger partial charge in [-0.2, -0.15) is 11.8 Å². The van der Waals surface area contributed by atoms with Crippen LogP contribution in [-0.4, -0.2) is 28.3 Å². The van der Waals surface area contributed by atoms with Crippen molar-refractivity contribution in [2.24, 2.45) is 0 Å². The Kier molecular flexibility index (Phi) is 3.88. The largest absolute Gasteiger partial charge is 0.387 e. The summed E-state index contributed by atoms with van der Waals surface area (Å²) >= 11 is 1.90. The average Bonchev–Trinajstić information content (AvgIpc) is 2.84. The molecule has 1 aromatic carbocycles. The van der Waals surface area contributed by atoms with Crippen LogP contribution in [-0.2, 0) is 6.42 Å². The van der Waals surface area contributed by atoms with E-state index in [1.54, 1.807) is 0 Å². The van der Waals surface area contributed by atoms with Crippen molar-refractivity contribution in [3.8, 4) is 0 Å². The number of aliphatic hydroxyl groups is 1. The minimum atomic E-state index is -0.474. The number of nitrogens with one attached hydrogen (secondary N) is 1. The first-order valence-electron chi connectivity index (χ1n) is 7.38. The molecule has 3 atom stereocenters. The van der Waals surface area contributed by atoms with Crippen LogP contribution in [0.2, 0.25) is 0 Å². The Labute approximate surface area is 120 Å². The van der Waals surface area contributed by atoms with Crippen LogP contribution in [0.4, 0.5) is 0 Å². The summed E-state index contributed by atoms with van der Waals surface area (Å²) in [5.74, 6) is 1.10. The molecule has 104 valence electrons. The molecular formula is C16H23NOS. The number of aryl methyl sites for hydroxylation is 1. The molecule has 2 N–H and O–H groups in total. The Bertz CT molecular complexity index is 450. The van der Waals surface area contributed by atoms with Crippen molar-refractivity contribution in [1.82, 2.24) is 5.32 Å². The van der Waals surface area contributed by atoms with Crippen LogP contribution in [0.1, 0.15) is 43.4 Å². The summed E-state index contributed by atoms with van der Waals surface area (Å²) in [6, 6.07) is 9.13. The summed E-state index contributed by atoms with van der Waals surface area (Å²) in [5.41, 5.74) is 2.43. The highest BCUT2D eigenvalue weighted by molar-refractivity contribution is 8.00. The smallest absolute Gasteiger partial charge is 0.0890 e. The summed E-state index contributed by atoms with van der Waals surface area (Å²) < 4.78 is 0. The third-order valence-corrected chi connectivity index (χ3v) is 6.00. The van der Waals surface area contributed by atoms with Gasteiger partial charge in [-0.1, -0.05) is 31.2 Å². The highest BCUT2D eigenvalue weighted by atomic mass is 32.2. The van der Waals surface area contributed by atoms with E-state index in [9.17, 15) is 5.11 Å². The molecule has 3 rings (SSSR count). The summed E-state index contributed by atoms with van der Waals surface area (Å²) in [7, 11) is 0. The standard InChI is InChI=1S/C16H23NOS/c1-2-19-15-9-10-16(15,18)11-17-14-8-7-12-5-3-4-6-13(12)14/h3-6,14-15,17-18H,2,7-11H2,1H3/t14-,15+,16-/m0/s1. The molecule has 0 heterocycles. The average molecular weight is 277 g/mol. The van der Waals surface area contributed by atoms with Gasteiger partial charge in [-0.05, 0) is 42.6 Å². The molecule has 0 radical (unpaired) electrons. The number of fused-ring (bicyclic) bond motifs is 1. The number of benzene rings is 1. The van der Waals surface area contributed by atoms with E-state index >= 15 is 0 Å². The molecule has 0 saturated heterocycles. The Hall–Kier alpha value is -0.510. The molecule has 0 spiro atoms. The number of rotatable bonds is 5. The van der Waals surface area contributed by atoms with E-state index in [4.69, 9.17) is 0 Å². The molecule has 19 heavy (non-hydrogen) atoms. The van der Waals surface area contributed by atoms with Gasteiger partial charge in [-0.15, -0.1) is 0 Å². The number of hydrogen-bond donors (Lipinski definition) is 2. The van der Waals surface area contributed by atoms with Crippen molar-refractivity contribution in [2.45, 2.75) is 49.5 Å². The molecule has 0 aliphatic heterocycles. The molecule has 1 saturated carbocycles. The van der Waals surface area contributed by atoms with Gasteiger partial charge in [-0.3, -0.25) is 0 Å². The first-order chi connectivity index (χ1) is 9.23. The Morgan fingerprint density at radius 1 is 1.37 bits per heavy atom. The Morgan fingerprint density at radius 3 is 2.95 bits per heavy atom. The lowest BCUT2D eigenvalue weighted by Crippen LogP contribution is -2.56. The maximum atomic E-state index is 10.6. The van der Waals surface area contributed by atoms with Gasteiger partial charge in [0.1, 0.15) is 0 Å². The molecule has 0 bridgehead atoms. The minimum absolute atomic E-state index is 0.432. The second kappa shape index (κ2) is 5.47. The minimum Gasteiger partial charge on any atom is -0.387 e. The van der Waals surface area contributed by atoms with Crippen LogP contribution in [0.5, 0.6) is 0 Å². The van der Waals surface area contributed by atoms with Crippen molar-refractivity contribution in [3.63, 3.8) is 0 Å². The molecular weight excluding hydrogens is 254 g/mol. The van der Waals surface area contributed by atoms with Crippen LogP contribution in [0.3, 0.4) is 0 Å². The number of hydrogen-bond acceptors (Lipinski definition) is 3. The van der Waals surface area contributed by atoms with Gasteiger partial charge < -0.3 is 10.4 Å². The second-order valence-electron chi connectivity index (χ2n) is 5.76. The van der Waals surface area contributed by atoms with E-state index in [0.717, 1.165) is 25.1 Å². The molecule has 2 aliphatic rings.